The van der Waals surface area contributed by atoms with Crippen molar-refractivity contribution in [2.45, 2.75) is 45.6 Å². The van der Waals surface area contributed by atoms with Crippen molar-refractivity contribution >= 4 is 0 Å². The smallest absolute Gasteiger partial charge is 0.166 e. The lowest BCUT2D eigenvalue weighted by molar-refractivity contribution is 0.251. The summed E-state index contributed by atoms with van der Waals surface area (Å²) < 4.78 is 11.0. The SMILES string of the molecule is CCCCCCCOc1c(CO)cccc1OC. The van der Waals surface area contributed by atoms with Gasteiger partial charge in [0.2, 0.25) is 0 Å². The maximum Gasteiger partial charge on any atom is 0.166 e. The van der Waals surface area contributed by atoms with Crippen molar-refractivity contribution in [2.24, 2.45) is 0 Å². The van der Waals surface area contributed by atoms with Crippen LogP contribution in [0.4, 0.5) is 0 Å². The zero-order valence-electron chi connectivity index (χ0n) is 11.4. The molecule has 102 valence electrons. The second-order valence-electron chi connectivity index (χ2n) is 4.37. The number of aliphatic hydroxyl groups excluding tert-OH is 1. The van der Waals surface area contributed by atoms with E-state index in [2.05, 4.69) is 6.92 Å². The first-order chi connectivity index (χ1) is 8.83. The number of aliphatic hydroxyl groups is 1. The summed E-state index contributed by atoms with van der Waals surface area (Å²) in [6, 6.07) is 5.57. The van der Waals surface area contributed by atoms with Gasteiger partial charge in [-0.15, -0.1) is 0 Å². The molecule has 0 heterocycles. The summed E-state index contributed by atoms with van der Waals surface area (Å²) in [4.78, 5) is 0. The summed E-state index contributed by atoms with van der Waals surface area (Å²) in [5.74, 6) is 1.37. The normalized spacial score (nSPS) is 10.4. The summed E-state index contributed by atoms with van der Waals surface area (Å²) in [5, 5.41) is 9.28. The van der Waals surface area contributed by atoms with Crippen LogP contribution in [0.5, 0.6) is 11.5 Å². The highest BCUT2D eigenvalue weighted by Crippen LogP contribution is 2.31. The third-order valence-electron chi connectivity index (χ3n) is 2.95. The van der Waals surface area contributed by atoms with Gasteiger partial charge in [0, 0.05) is 5.56 Å². The number of rotatable bonds is 9. The molecule has 0 radical (unpaired) electrons. The molecule has 18 heavy (non-hydrogen) atoms. The highest BCUT2D eigenvalue weighted by Gasteiger charge is 2.09. The number of hydrogen-bond donors (Lipinski definition) is 1. The van der Waals surface area contributed by atoms with Crippen molar-refractivity contribution in [3.8, 4) is 11.5 Å². The van der Waals surface area contributed by atoms with Crippen molar-refractivity contribution in [1.82, 2.24) is 0 Å². The Kier molecular flexibility index (Phi) is 7.26. The predicted octanol–water partition coefficient (Wildman–Crippen LogP) is 3.54. The van der Waals surface area contributed by atoms with Gasteiger partial charge in [-0.1, -0.05) is 44.7 Å². The molecule has 3 nitrogen and oxygen atoms in total. The van der Waals surface area contributed by atoms with Crippen LogP contribution >= 0.6 is 0 Å². The molecule has 0 aliphatic heterocycles. The lowest BCUT2D eigenvalue weighted by Gasteiger charge is -2.13. The highest BCUT2D eigenvalue weighted by atomic mass is 16.5. The van der Waals surface area contributed by atoms with E-state index in [9.17, 15) is 5.11 Å². The second-order valence-corrected chi connectivity index (χ2v) is 4.37. The summed E-state index contributed by atoms with van der Waals surface area (Å²) >= 11 is 0. The fourth-order valence-electron chi connectivity index (χ4n) is 1.89. The Bertz CT molecular complexity index is 314. The van der Waals surface area contributed by atoms with Crippen LogP contribution in [0.25, 0.3) is 0 Å². The third kappa shape index (κ3) is 4.57. The molecule has 0 aliphatic rings. The van der Waals surface area contributed by atoms with E-state index < -0.39 is 0 Å². The van der Waals surface area contributed by atoms with Gasteiger partial charge in [-0.05, 0) is 12.5 Å². The standard InChI is InChI=1S/C15H24O3/c1-3-4-5-6-7-11-18-15-13(12-16)9-8-10-14(15)17-2/h8-10,16H,3-7,11-12H2,1-2H3. The summed E-state index contributed by atoms with van der Waals surface area (Å²) in [7, 11) is 1.62. The van der Waals surface area contributed by atoms with Crippen LogP contribution < -0.4 is 9.47 Å². The van der Waals surface area contributed by atoms with Crippen molar-refractivity contribution in [1.29, 1.82) is 0 Å². The number of unbranched alkanes of at least 4 members (excludes halogenated alkanes) is 4. The minimum Gasteiger partial charge on any atom is -0.493 e. The molecular weight excluding hydrogens is 228 g/mol. The van der Waals surface area contributed by atoms with Crippen LogP contribution in [0.1, 0.15) is 44.6 Å². The summed E-state index contributed by atoms with van der Waals surface area (Å²) in [6.07, 6.45) is 6.04. The topological polar surface area (TPSA) is 38.7 Å². The Morgan fingerprint density at radius 2 is 1.89 bits per heavy atom. The Balaban J connectivity index is 2.45. The van der Waals surface area contributed by atoms with Gasteiger partial charge in [0.25, 0.3) is 0 Å². The van der Waals surface area contributed by atoms with Gasteiger partial charge in [0.05, 0.1) is 20.3 Å². The fraction of sp³-hybridized carbons (Fsp3) is 0.600. The molecule has 0 atom stereocenters. The zero-order valence-corrected chi connectivity index (χ0v) is 11.4. The van der Waals surface area contributed by atoms with E-state index in [1.165, 1.54) is 25.7 Å². The van der Waals surface area contributed by atoms with Crippen LogP contribution in [-0.2, 0) is 6.61 Å². The lowest BCUT2D eigenvalue weighted by atomic mass is 10.1. The minimum atomic E-state index is -0.0254. The van der Waals surface area contributed by atoms with Gasteiger partial charge in [0.1, 0.15) is 0 Å². The molecule has 0 amide bonds. The van der Waals surface area contributed by atoms with Gasteiger partial charge >= 0.3 is 0 Å². The summed E-state index contributed by atoms with van der Waals surface area (Å²) in [5.41, 5.74) is 0.780. The molecule has 0 aromatic heterocycles. The number of hydrogen-bond acceptors (Lipinski definition) is 3. The molecule has 0 saturated heterocycles. The van der Waals surface area contributed by atoms with E-state index in [-0.39, 0.29) is 6.61 Å². The quantitative estimate of drug-likeness (QED) is 0.683. The van der Waals surface area contributed by atoms with E-state index in [0.29, 0.717) is 18.1 Å². The molecular formula is C15H24O3. The largest absolute Gasteiger partial charge is 0.493 e. The molecule has 3 heteroatoms. The number of benzene rings is 1. The van der Waals surface area contributed by atoms with Crippen LogP contribution in [0.15, 0.2) is 18.2 Å². The van der Waals surface area contributed by atoms with Crippen molar-refractivity contribution < 1.29 is 14.6 Å². The van der Waals surface area contributed by atoms with E-state index >= 15 is 0 Å². The number of methoxy groups -OCH3 is 1. The van der Waals surface area contributed by atoms with Crippen molar-refractivity contribution in [3.63, 3.8) is 0 Å². The Hall–Kier alpha value is -1.22. The van der Waals surface area contributed by atoms with E-state index in [4.69, 9.17) is 9.47 Å². The summed E-state index contributed by atoms with van der Waals surface area (Å²) in [6.45, 7) is 2.86. The maximum atomic E-state index is 9.28. The van der Waals surface area contributed by atoms with Crippen molar-refractivity contribution in [3.05, 3.63) is 23.8 Å². The molecule has 0 spiro atoms. The molecule has 1 rings (SSSR count). The van der Waals surface area contributed by atoms with Gasteiger partial charge in [-0.2, -0.15) is 0 Å². The average Bonchev–Trinajstić information content (AvgIpc) is 2.42. The maximum absolute atomic E-state index is 9.28. The molecule has 1 aromatic carbocycles. The lowest BCUT2D eigenvalue weighted by Crippen LogP contribution is -2.02. The Morgan fingerprint density at radius 3 is 2.56 bits per heavy atom. The van der Waals surface area contributed by atoms with Gasteiger partial charge < -0.3 is 14.6 Å². The Morgan fingerprint density at radius 1 is 1.11 bits per heavy atom. The molecule has 0 saturated carbocycles. The number of ether oxygens (including phenoxy) is 2. The molecule has 0 unspecified atom stereocenters. The molecule has 1 N–H and O–H groups in total. The van der Waals surface area contributed by atoms with Crippen LogP contribution in [0.3, 0.4) is 0 Å². The monoisotopic (exact) mass is 252 g/mol. The van der Waals surface area contributed by atoms with Gasteiger partial charge in [0.15, 0.2) is 11.5 Å². The van der Waals surface area contributed by atoms with Crippen LogP contribution in [0, 0.1) is 0 Å². The number of para-hydroxylation sites is 1. The Labute approximate surface area is 110 Å². The first-order valence-electron chi connectivity index (χ1n) is 6.73. The second kappa shape index (κ2) is 8.81. The first-order valence-corrected chi connectivity index (χ1v) is 6.73. The third-order valence-corrected chi connectivity index (χ3v) is 2.95. The van der Waals surface area contributed by atoms with Crippen LogP contribution in [-0.4, -0.2) is 18.8 Å². The van der Waals surface area contributed by atoms with Gasteiger partial charge in [-0.25, -0.2) is 0 Å². The molecule has 0 bridgehead atoms. The first kappa shape index (κ1) is 14.8. The minimum absolute atomic E-state index is 0.0254. The predicted molar refractivity (Wildman–Crippen MR) is 73.2 cm³/mol. The van der Waals surface area contributed by atoms with Crippen molar-refractivity contribution in [2.75, 3.05) is 13.7 Å². The highest BCUT2D eigenvalue weighted by molar-refractivity contribution is 5.46. The average molecular weight is 252 g/mol. The molecule has 0 aliphatic carbocycles. The van der Waals surface area contributed by atoms with E-state index in [1.54, 1.807) is 7.11 Å². The zero-order chi connectivity index (χ0) is 13.2. The van der Waals surface area contributed by atoms with Gasteiger partial charge in [-0.3, -0.25) is 0 Å². The molecule has 0 fully saturated rings. The van der Waals surface area contributed by atoms with E-state index in [0.717, 1.165) is 12.0 Å². The van der Waals surface area contributed by atoms with E-state index in [1.807, 2.05) is 18.2 Å². The van der Waals surface area contributed by atoms with Crippen LogP contribution in [0.2, 0.25) is 0 Å². The fourth-order valence-corrected chi connectivity index (χ4v) is 1.89. The molecule has 1 aromatic rings.